The number of rotatable bonds is 4. The van der Waals surface area contributed by atoms with Crippen LogP contribution in [0.3, 0.4) is 0 Å². The van der Waals surface area contributed by atoms with Crippen LogP contribution in [0.25, 0.3) is 0 Å². The third-order valence-corrected chi connectivity index (χ3v) is 3.64. The number of aromatic nitrogens is 2. The largest absolute Gasteiger partial charge is 0.435 e. The lowest BCUT2D eigenvalue weighted by Gasteiger charge is -2.18. The number of benzene rings is 1. The average molecular weight is 503 g/mol. The summed E-state index contributed by atoms with van der Waals surface area (Å²) < 4.78 is 66.3. The molecule has 1 heterocycles. The van der Waals surface area contributed by atoms with Crippen molar-refractivity contribution in [1.29, 1.82) is 0 Å². The van der Waals surface area contributed by atoms with Gasteiger partial charge >= 0.3 is 6.18 Å². The Kier molecular flexibility index (Phi) is 7.99. The summed E-state index contributed by atoms with van der Waals surface area (Å²) >= 11 is 0. The monoisotopic (exact) mass is 503 g/mol. The van der Waals surface area contributed by atoms with Gasteiger partial charge < -0.3 is 10.6 Å². The van der Waals surface area contributed by atoms with Gasteiger partial charge in [0.15, 0.2) is 23.3 Å². The van der Waals surface area contributed by atoms with Crippen LogP contribution in [0.1, 0.15) is 29.8 Å². The highest BCUT2D eigenvalue weighted by atomic mass is 127. The van der Waals surface area contributed by atoms with Crippen LogP contribution < -0.4 is 10.6 Å². The van der Waals surface area contributed by atoms with Gasteiger partial charge in [-0.2, -0.15) is 18.3 Å². The number of hydrogen-bond acceptors (Lipinski definition) is 2. The third-order valence-electron chi connectivity index (χ3n) is 3.64. The summed E-state index contributed by atoms with van der Waals surface area (Å²) in [6, 6.07) is 3.01. The molecule has 1 aromatic heterocycles. The lowest BCUT2D eigenvalue weighted by Crippen LogP contribution is -2.38. The molecule has 0 aliphatic rings. The molecular weight excluding hydrogens is 484 g/mol. The van der Waals surface area contributed by atoms with Crippen LogP contribution in [0.2, 0.25) is 0 Å². The summed E-state index contributed by atoms with van der Waals surface area (Å²) in [5.41, 5.74) is -0.552. The number of nitrogens with one attached hydrogen (secondary N) is 2. The molecule has 5 nitrogen and oxygen atoms in total. The van der Waals surface area contributed by atoms with Crippen molar-refractivity contribution in [2.45, 2.75) is 25.7 Å². The SMILES string of the molecule is CN=C(NCc1cn(C)nc1C(F)(F)F)NC(C)c1ccc(F)c(F)c1.I. The van der Waals surface area contributed by atoms with Crippen LogP contribution >= 0.6 is 24.0 Å². The number of halogens is 6. The number of guanidine groups is 1. The molecule has 2 aromatic rings. The van der Waals surface area contributed by atoms with E-state index in [0.717, 1.165) is 16.8 Å². The van der Waals surface area contributed by atoms with Crippen molar-refractivity contribution < 1.29 is 22.0 Å². The first-order chi connectivity index (χ1) is 12.1. The Hall–Kier alpha value is -1.92. The summed E-state index contributed by atoms with van der Waals surface area (Å²) in [7, 11) is 2.85. The molecule has 0 saturated carbocycles. The van der Waals surface area contributed by atoms with Crippen molar-refractivity contribution in [1.82, 2.24) is 20.4 Å². The fourth-order valence-electron chi connectivity index (χ4n) is 2.35. The van der Waals surface area contributed by atoms with Gasteiger partial charge in [-0.15, -0.1) is 24.0 Å². The van der Waals surface area contributed by atoms with E-state index in [1.54, 1.807) is 6.92 Å². The molecule has 1 aromatic carbocycles. The van der Waals surface area contributed by atoms with Gasteiger partial charge in [-0.3, -0.25) is 9.67 Å². The standard InChI is InChI=1S/C16H18F5N5.HI/c1-9(10-4-5-12(17)13(18)6-10)24-15(22-2)23-7-11-8-26(3)25-14(11)16(19,20)21;/h4-6,8-9H,7H2,1-3H3,(H2,22,23,24);1H. The van der Waals surface area contributed by atoms with Gasteiger partial charge in [0, 0.05) is 32.4 Å². The molecule has 150 valence electrons. The van der Waals surface area contributed by atoms with Gasteiger partial charge in [0.1, 0.15) is 0 Å². The molecule has 0 amide bonds. The fourth-order valence-corrected chi connectivity index (χ4v) is 2.35. The Labute approximate surface area is 170 Å². The van der Waals surface area contributed by atoms with E-state index in [-0.39, 0.29) is 42.0 Å². The summed E-state index contributed by atoms with van der Waals surface area (Å²) in [4.78, 5) is 3.93. The number of nitrogens with zero attached hydrogens (tertiary/aromatic N) is 3. The molecule has 27 heavy (non-hydrogen) atoms. The fraction of sp³-hybridized carbons (Fsp3) is 0.375. The molecule has 0 radical (unpaired) electrons. The molecule has 2 N–H and O–H groups in total. The summed E-state index contributed by atoms with van der Waals surface area (Å²) in [6.45, 7) is 1.53. The molecule has 0 aliphatic carbocycles. The molecule has 1 unspecified atom stereocenters. The van der Waals surface area contributed by atoms with Crippen LogP contribution in [0.4, 0.5) is 22.0 Å². The molecule has 0 bridgehead atoms. The van der Waals surface area contributed by atoms with Crippen molar-refractivity contribution in [2.24, 2.45) is 12.0 Å². The summed E-state index contributed by atoms with van der Waals surface area (Å²) in [6.07, 6.45) is -3.30. The van der Waals surface area contributed by atoms with Gasteiger partial charge in [-0.1, -0.05) is 6.07 Å². The molecule has 1 atom stereocenters. The molecule has 0 spiro atoms. The van der Waals surface area contributed by atoms with E-state index in [9.17, 15) is 22.0 Å². The predicted molar refractivity (Wildman–Crippen MR) is 102 cm³/mol. The zero-order valence-electron chi connectivity index (χ0n) is 14.7. The minimum Gasteiger partial charge on any atom is -0.352 e. The summed E-state index contributed by atoms with van der Waals surface area (Å²) in [5, 5.41) is 9.09. The highest BCUT2D eigenvalue weighted by Gasteiger charge is 2.36. The van der Waals surface area contributed by atoms with E-state index in [1.807, 2.05) is 0 Å². The minimum absolute atomic E-state index is 0. The number of aryl methyl sites for hydroxylation is 1. The second-order valence-electron chi connectivity index (χ2n) is 5.64. The molecular formula is C16H19F5IN5. The van der Waals surface area contributed by atoms with Gasteiger partial charge in [0.2, 0.25) is 0 Å². The van der Waals surface area contributed by atoms with Crippen molar-refractivity contribution in [2.75, 3.05) is 7.05 Å². The highest BCUT2D eigenvalue weighted by Crippen LogP contribution is 2.30. The summed E-state index contributed by atoms with van der Waals surface area (Å²) in [5.74, 6) is -1.73. The lowest BCUT2D eigenvalue weighted by molar-refractivity contribution is -0.142. The van der Waals surface area contributed by atoms with Crippen LogP contribution in [0.15, 0.2) is 29.4 Å². The van der Waals surface area contributed by atoms with E-state index in [4.69, 9.17) is 0 Å². The molecule has 0 aliphatic heterocycles. The van der Waals surface area contributed by atoms with Crippen LogP contribution in [-0.4, -0.2) is 22.8 Å². The van der Waals surface area contributed by atoms with E-state index in [1.165, 1.54) is 26.4 Å². The maximum atomic E-state index is 13.3. The topological polar surface area (TPSA) is 54.2 Å². The first-order valence-corrected chi connectivity index (χ1v) is 7.63. The van der Waals surface area contributed by atoms with Crippen molar-refractivity contribution in [3.63, 3.8) is 0 Å². The first kappa shape index (κ1) is 23.1. The van der Waals surface area contributed by atoms with Crippen molar-refractivity contribution >= 4 is 29.9 Å². The Morgan fingerprint density at radius 1 is 1.26 bits per heavy atom. The quantitative estimate of drug-likeness (QED) is 0.289. The maximum absolute atomic E-state index is 13.3. The van der Waals surface area contributed by atoms with Gasteiger partial charge in [-0.25, -0.2) is 8.78 Å². The third kappa shape index (κ3) is 6.04. The number of aliphatic imine (C=N–C) groups is 1. The van der Waals surface area contributed by atoms with Crippen LogP contribution in [0, 0.1) is 11.6 Å². The lowest BCUT2D eigenvalue weighted by atomic mass is 10.1. The molecule has 11 heteroatoms. The average Bonchev–Trinajstić information content (AvgIpc) is 2.95. The Morgan fingerprint density at radius 2 is 1.93 bits per heavy atom. The first-order valence-electron chi connectivity index (χ1n) is 7.63. The van der Waals surface area contributed by atoms with Crippen molar-refractivity contribution in [3.8, 4) is 0 Å². The second-order valence-corrected chi connectivity index (χ2v) is 5.64. The molecule has 2 rings (SSSR count). The van der Waals surface area contributed by atoms with Gasteiger partial charge in [0.05, 0.1) is 6.04 Å². The Morgan fingerprint density at radius 3 is 2.48 bits per heavy atom. The van der Waals surface area contributed by atoms with Gasteiger partial charge in [0.25, 0.3) is 0 Å². The van der Waals surface area contributed by atoms with Gasteiger partial charge in [-0.05, 0) is 24.6 Å². The van der Waals surface area contributed by atoms with E-state index >= 15 is 0 Å². The smallest absolute Gasteiger partial charge is 0.352 e. The Balaban J connectivity index is 0.00000364. The minimum atomic E-state index is -4.56. The zero-order chi connectivity index (χ0) is 19.5. The second kappa shape index (κ2) is 9.33. The predicted octanol–water partition coefficient (Wildman–Crippen LogP) is 3.76. The number of alkyl halides is 3. The van der Waals surface area contributed by atoms with E-state index in [2.05, 4.69) is 20.7 Å². The van der Waals surface area contributed by atoms with E-state index < -0.39 is 29.5 Å². The maximum Gasteiger partial charge on any atom is 0.435 e. The normalized spacial score (nSPS) is 13.1. The number of hydrogen-bond donors (Lipinski definition) is 2. The van der Waals surface area contributed by atoms with Crippen LogP contribution in [-0.2, 0) is 19.8 Å². The Bertz CT molecular complexity index is 803. The van der Waals surface area contributed by atoms with Crippen molar-refractivity contribution in [3.05, 3.63) is 52.9 Å². The molecule has 0 saturated heterocycles. The zero-order valence-corrected chi connectivity index (χ0v) is 17.1. The highest BCUT2D eigenvalue weighted by molar-refractivity contribution is 14.0. The van der Waals surface area contributed by atoms with Crippen LogP contribution in [0.5, 0.6) is 0 Å². The van der Waals surface area contributed by atoms with E-state index in [0.29, 0.717) is 5.56 Å². The molecule has 0 fully saturated rings.